The lowest BCUT2D eigenvalue weighted by Crippen LogP contribution is -1.78. The molecule has 0 aliphatic heterocycles. The first-order valence-electron chi connectivity index (χ1n) is 4.45. The fourth-order valence-corrected chi connectivity index (χ4v) is 0.768. The van der Waals surface area contributed by atoms with Crippen LogP contribution in [0.5, 0.6) is 0 Å². The number of hydrogen-bond donors (Lipinski definition) is 2. The van der Waals surface area contributed by atoms with Crippen LogP contribution in [0.1, 0.15) is 25.7 Å². The van der Waals surface area contributed by atoms with Gasteiger partial charge in [-0.3, -0.25) is 0 Å². The van der Waals surface area contributed by atoms with Gasteiger partial charge in [-0.15, -0.1) is 0 Å². The van der Waals surface area contributed by atoms with Gasteiger partial charge in [0, 0.05) is 13.2 Å². The zero-order valence-corrected chi connectivity index (χ0v) is 7.45. The molecule has 0 aliphatic carbocycles. The van der Waals surface area contributed by atoms with E-state index >= 15 is 0 Å². The molecule has 0 bridgehead atoms. The van der Waals surface area contributed by atoms with E-state index in [1.165, 1.54) is 0 Å². The molecule has 0 spiro atoms. The van der Waals surface area contributed by atoms with Crippen molar-refractivity contribution in [3.63, 3.8) is 0 Å². The van der Waals surface area contributed by atoms with Crippen LogP contribution in [0.4, 0.5) is 0 Å². The molecule has 2 N–H and O–H groups in total. The first kappa shape index (κ1) is 11.4. The second-order valence-electron chi connectivity index (χ2n) is 2.59. The molecule has 0 fully saturated rings. The van der Waals surface area contributed by atoms with E-state index < -0.39 is 0 Å². The Labute approximate surface area is 74.2 Å². The Bertz CT molecular complexity index is 112. The smallest absolute Gasteiger partial charge is 0.0433 e. The minimum absolute atomic E-state index is 0.262. The Morgan fingerprint density at radius 3 is 1.50 bits per heavy atom. The van der Waals surface area contributed by atoms with Crippen molar-refractivity contribution < 1.29 is 10.2 Å². The van der Waals surface area contributed by atoms with Gasteiger partial charge in [0.15, 0.2) is 0 Å². The van der Waals surface area contributed by atoms with Gasteiger partial charge in [-0.2, -0.15) is 0 Å². The van der Waals surface area contributed by atoms with E-state index in [0.29, 0.717) is 0 Å². The van der Waals surface area contributed by atoms with Crippen molar-refractivity contribution >= 4 is 0 Å². The van der Waals surface area contributed by atoms with E-state index in [0.717, 1.165) is 25.7 Å². The summed E-state index contributed by atoms with van der Waals surface area (Å²) >= 11 is 0. The third kappa shape index (κ3) is 9.40. The molecular weight excluding hydrogens is 152 g/mol. The van der Waals surface area contributed by atoms with Crippen LogP contribution in [0.15, 0.2) is 24.3 Å². The maximum Gasteiger partial charge on any atom is 0.0433 e. The summed E-state index contributed by atoms with van der Waals surface area (Å²) in [5.41, 5.74) is 0. The number of aliphatic hydroxyl groups excluding tert-OH is 2. The zero-order chi connectivity index (χ0) is 9.07. The van der Waals surface area contributed by atoms with E-state index in [4.69, 9.17) is 10.2 Å². The lowest BCUT2D eigenvalue weighted by molar-refractivity contribution is 0.289. The van der Waals surface area contributed by atoms with E-state index in [1.54, 1.807) is 0 Å². The first-order chi connectivity index (χ1) is 5.91. The molecule has 0 atom stereocenters. The van der Waals surface area contributed by atoms with Gasteiger partial charge in [0.05, 0.1) is 0 Å². The van der Waals surface area contributed by atoms with Gasteiger partial charge in [-0.25, -0.2) is 0 Å². The van der Waals surface area contributed by atoms with E-state index in [-0.39, 0.29) is 13.2 Å². The number of aliphatic hydroxyl groups is 2. The fourth-order valence-electron chi connectivity index (χ4n) is 0.768. The molecule has 2 nitrogen and oxygen atoms in total. The Morgan fingerprint density at radius 1 is 0.750 bits per heavy atom. The van der Waals surface area contributed by atoms with Gasteiger partial charge in [0.2, 0.25) is 0 Å². The third-order valence-corrected chi connectivity index (χ3v) is 1.44. The highest BCUT2D eigenvalue weighted by atomic mass is 16.3. The minimum atomic E-state index is 0.262. The van der Waals surface area contributed by atoms with Crippen molar-refractivity contribution in [2.75, 3.05) is 13.2 Å². The average molecular weight is 170 g/mol. The summed E-state index contributed by atoms with van der Waals surface area (Å²) in [7, 11) is 0. The lowest BCUT2D eigenvalue weighted by atomic mass is 10.2. The topological polar surface area (TPSA) is 40.5 Å². The number of unbranched alkanes of at least 4 members (excludes halogenated alkanes) is 2. The van der Waals surface area contributed by atoms with Crippen LogP contribution in [0.3, 0.4) is 0 Å². The van der Waals surface area contributed by atoms with Gasteiger partial charge in [0.1, 0.15) is 0 Å². The molecule has 0 saturated heterocycles. The molecule has 70 valence electrons. The lowest BCUT2D eigenvalue weighted by Gasteiger charge is -1.87. The van der Waals surface area contributed by atoms with E-state index in [9.17, 15) is 0 Å². The van der Waals surface area contributed by atoms with Crippen molar-refractivity contribution in [3.05, 3.63) is 24.3 Å². The standard InChI is InChI=1S/C10H18O2/c11-9-7-5-3-1-2-4-6-8-10-12/h1-4,11-12H,5-10H2. The van der Waals surface area contributed by atoms with Crippen molar-refractivity contribution in [1.29, 1.82) is 0 Å². The second-order valence-corrected chi connectivity index (χ2v) is 2.59. The predicted octanol–water partition coefficient (Wildman–Crippen LogP) is 1.64. The molecule has 0 heterocycles. The van der Waals surface area contributed by atoms with Crippen LogP contribution < -0.4 is 0 Å². The van der Waals surface area contributed by atoms with Crippen LogP contribution in [-0.4, -0.2) is 23.4 Å². The van der Waals surface area contributed by atoms with Gasteiger partial charge in [-0.1, -0.05) is 24.3 Å². The molecule has 0 aromatic heterocycles. The van der Waals surface area contributed by atoms with Crippen LogP contribution in [0.2, 0.25) is 0 Å². The van der Waals surface area contributed by atoms with Gasteiger partial charge in [-0.05, 0) is 25.7 Å². The largest absolute Gasteiger partial charge is 0.396 e. The van der Waals surface area contributed by atoms with Gasteiger partial charge >= 0.3 is 0 Å². The van der Waals surface area contributed by atoms with Crippen molar-refractivity contribution in [2.24, 2.45) is 0 Å². The van der Waals surface area contributed by atoms with Crippen molar-refractivity contribution in [2.45, 2.75) is 25.7 Å². The monoisotopic (exact) mass is 170 g/mol. The molecule has 0 radical (unpaired) electrons. The second kappa shape index (κ2) is 10.4. The Balaban J connectivity index is 3.15. The number of allylic oxidation sites excluding steroid dienone is 4. The molecule has 2 heteroatoms. The summed E-state index contributed by atoms with van der Waals surface area (Å²) in [6.07, 6.45) is 11.6. The van der Waals surface area contributed by atoms with Gasteiger partial charge in [0.25, 0.3) is 0 Å². The molecule has 0 amide bonds. The third-order valence-electron chi connectivity index (χ3n) is 1.44. The average Bonchev–Trinajstić information content (AvgIpc) is 2.10. The van der Waals surface area contributed by atoms with Crippen molar-refractivity contribution in [1.82, 2.24) is 0 Å². The molecular formula is C10H18O2. The zero-order valence-electron chi connectivity index (χ0n) is 7.45. The van der Waals surface area contributed by atoms with Crippen LogP contribution >= 0.6 is 0 Å². The summed E-state index contributed by atoms with van der Waals surface area (Å²) in [6, 6.07) is 0. The quantitative estimate of drug-likeness (QED) is 0.450. The Kier molecular flexibility index (Phi) is 9.88. The number of rotatable bonds is 7. The minimum Gasteiger partial charge on any atom is -0.396 e. The highest BCUT2D eigenvalue weighted by molar-refractivity contribution is 5.02. The molecule has 0 aliphatic rings. The summed E-state index contributed by atoms with van der Waals surface area (Å²) in [6.45, 7) is 0.525. The normalized spacial score (nSPS) is 11.8. The first-order valence-corrected chi connectivity index (χ1v) is 4.45. The summed E-state index contributed by atoms with van der Waals surface area (Å²) in [4.78, 5) is 0. The molecule has 0 unspecified atom stereocenters. The van der Waals surface area contributed by atoms with Gasteiger partial charge < -0.3 is 10.2 Å². The highest BCUT2D eigenvalue weighted by Crippen LogP contribution is 1.92. The maximum absolute atomic E-state index is 8.46. The highest BCUT2D eigenvalue weighted by Gasteiger charge is 1.77. The van der Waals surface area contributed by atoms with E-state index in [2.05, 4.69) is 0 Å². The van der Waals surface area contributed by atoms with Crippen LogP contribution in [0, 0.1) is 0 Å². The molecule has 0 aromatic carbocycles. The SMILES string of the molecule is OCCCC=CC=CCCCO. The van der Waals surface area contributed by atoms with E-state index in [1.807, 2.05) is 24.3 Å². The fraction of sp³-hybridized carbons (Fsp3) is 0.600. The maximum atomic E-state index is 8.46. The molecule has 0 rings (SSSR count). The number of hydrogen-bond acceptors (Lipinski definition) is 2. The van der Waals surface area contributed by atoms with Crippen molar-refractivity contribution in [3.8, 4) is 0 Å². The summed E-state index contributed by atoms with van der Waals surface area (Å²) < 4.78 is 0. The summed E-state index contributed by atoms with van der Waals surface area (Å²) in [5, 5.41) is 16.9. The molecule has 12 heavy (non-hydrogen) atoms. The summed E-state index contributed by atoms with van der Waals surface area (Å²) in [5.74, 6) is 0. The van der Waals surface area contributed by atoms with Crippen LogP contribution in [-0.2, 0) is 0 Å². The molecule has 0 saturated carbocycles. The predicted molar refractivity (Wildman–Crippen MR) is 50.9 cm³/mol. The Morgan fingerprint density at radius 2 is 1.17 bits per heavy atom. The van der Waals surface area contributed by atoms with Crippen LogP contribution in [0.25, 0.3) is 0 Å². The Hall–Kier alpha value is -0.600. The molecule has 0 aromatic rings.